The zero-order valence-corrected chi connectivity index (χ0v) is 15.3. The summed E-state index contributed by atoms with van der Waals surface area (Å²) in [6.45, 7) is 2.51. The van der Waals surface area contributed by atoms with Gasteiger partial charge in [-0.3, -0.25) is 4.79 Å². The minimum absolute atomic E-state index is 0.0627. The summed E-state index contributed by atoms with van der Waals surface area (Å²) in [5.74, 6) is 0.0627. The summed E-state index contributed by atoms with van der Waals surface area (Å²) in [7, 11) is 2.11. The quantitative estimate of drug-likeness (QED) is 0.747. The number of hydrogen-bond acceptors (Lipinski definition) is 2. The first-order chi connectivity index (χ1) is 11.6. The fourth-order valence-corrected chi connectivity index (χ4v) is 3.43. The molecule has 1 aliphatic heterocycles. The van der Waals surface area contributed by atoms with Crippen molar-refractivity contribution in [1.82, 2.24) is 9.80 Å². The Morgan fingerprint density at radius 2 is 1.79 bits per heavy atom. The molecule has 1 fully saturated rings. The van der Waals surface area contributed by atoms with E-state index in [1.54, 1.807) is 6.08 Å². The van der Waals surface area contributed by atoms with Crippen LogP contribution in [-0.4, -0.2) is 42.4 Å². The van der Waals surface area contributed by atoms with E-state index in [2.05, 4.69) is 40.0 Å². The van der Waals surface area contributed by atoms with Crippen LogP contribution < -0.4 is 0 Å². The molecule has 3 rings (SSSR count). The van der Waals surface area contributed by atoms with Crippen LogP contribution in [0.15, 0.2) is 65.1 Å². The van der Waals surface area contributed by atoms with Crippen molar-refractivity contribution in [2.75, 3.05) is 26.7 Å². The second-order valence-electron chi connectivity index (χ2n) is 6.08. The maximum Gasteiger partial charge on any atom is 0.247 e. The minimum Gasteiger partial charge on any atom is -0.330 e. The molecule has 1 atom stereocenters. The van der Waals surface area contributed by atoms with Crippen molar-refractivity contribution in [1.29, 1.82) is 0 Å². The summed E-state index contributed by atoms with van der Waals surface area (Å²) in [6, 6.07) is 18.3. The maximum absolute atomic E-state index is 12.8. The van der Waals surface area contributed by atoms with Crippen molar-refractivity contribution < 1.29 is 4.79 Å². The molecular formula is C20H21BrN2O. The number of benzene rings is 2. The zero-order valence-electron chi connectivity index (χ0n) is 13.7. The average Bonchev–Trinajstić information content (AvgIpc) is 2.61. The molecule has 2 aromatic rings. The van der Waals surface area contributed by atoms with Gasteiger partial charge in [0, 0.05) is 30.2 Å². The van der Waals surface area contributed by atoms with Crippen LogP contribution in [0.3, 0.4) is 0 Å². The molecule has 0 aliphatic carbocycles. The van der Waals surface area contributed by atoms with Gasteiger partial charge in [-0.05, 0) is 30.3 Å². The summed E-state index contributed by atoms with van der Waals surface area (Å²) >= 11 is 3.52. The van der Waals surface area contributed by atoms with Gasteiger partial charge in [0.05, 0.1) is 6.04 Å². The number of carbonyl (C=O) groups is 1. The van der Waals surface area contributed by atoms with Crippen LogP contribution in [0.1, 0.15) is 17.2 Å². The van der Waals surface area contributed by atoms with Gasteiger partial charge < -0.3 is 9.80 Å². The van der Waals surface area contributed by atoms with Crippen LogP contribution in [0.2, 0.25) is 0 Å². The number of carbonyl (C=O) groups excluding carboxylic acids is 1. The van der Waals surface area contributed by atoms with Gasteiger partial charge in [-0.1, -0.05) is 64.5 Å². The first kappa shape index (κ1) is 16.9. The van der Waals surface area contributed by atoms with Gasteiger partial charge in [-0.2, -0.15) is 0 Å². The molecule has 1 heterocycles. The minimum atomic E-state index is 0.0627. The lowest BCUT2D eigenvalue weighted by atomic mass is 10.0. The highest BCUT2D eigenvalue weighted by Crippen LogP contribution is 2.25. The molecule has 2 aromatic carbocycles. The van der Waals surface area contributed by atoms with E-state index in [1.807, 2.05) is 53.4 Å². The van der Waals surface area contributed by atoms with Gasteiger partial charge in [-0.25, -0.2) is 0 Å². The number of likely N-dealkylation sites (N-methyl/N-ethyl adjacent to an activating group) is 1. The van der Waals surface area contributed by atoms with E-state index in [-0.39, 0.29) is 11.9 Å². The molecule has 1 amide bonds. The molecule has 0 saturated carbocycles. The highest BCUT2D eigenvalue weighted by molar-refractivity contribution is 9.10. The van der Waals surface area contributed by atoms with Gasteiger partial charge in [0.1, 0.15) is 0 Å². The summed E-state index contributed by atoms with van der Waals surface area (Å²) in [5, 5.41) is 0. The lowest BCUT2D eigenvalue weighted by molar-refractivity contribution is -0.130. The van der Waals surface area contributed by atoms with Crippen molar-refractivity contribution in [2.24, 2.45) is 0 Å². The zero-order chi connectivity index (χ0) is 16.9. The largest absolute Gasteiger partial charge is 0.330 e. The van der Waals surface area contributed by atoms with Crippen LogP contribution in [0.5, 0.6) is 0 Å². The van der Waals surface area contributed by atoms with Crippen LogP contribution in [0.4, 0.5) is 0 Å². The molecule has 3 nitrogen and oxygen atoms in total. The van der Waals surface area contributed by atoms with E-state index in [0.717, 1.165) is 29.7 Å². The number of rotatable bonds is 3. The van der Waals surface area contributed by atoms with Crippen molar-refractivity contribution >= 4 is 27.9 Å². The van der Waals surface area contributed by atoms with E-state index in [9.17, 15) is 4.79 Å². The molecule has 1 saturated heterocycles. The SMILES string of the molecule is CN1CCN(C(=O)/C=C/c2ccccc2Br)C(c2ccccc2)C1. The molecule has 1 unspecified atom stereocenters. The molecule has 0 radical (unpaired) electrons. The summed E-state index contributed by atoms with van der Waals surface area (Å²) in [6.07, 6.45) is 3.56. The van der Waals surface area contributed by atoms with Gasteiger partial charge in [0.2, 0.25) is 5.91 Å². The summed E-state index contributed by atoms with van der Waals surface area (Å²) in [4.78, 5) is 17.0. The van der Waals surface area contributed by atoms with Crippen molar-refractivity contribution in [2.45, 2.75) is 6.04 Å². The highest BCUT2D eigenvalue weighted by atomic mass is 79.9. The van der Waals surface area contributed by atoms with Gasteiger partial charge in [0.15, 0.2) is 0 Å². The fraction of sp³-hybridized carbons (Fsp3) is 0.250. The number of nitrogens with zero attached hydrogens (tertiary/aromatic N) is 2. The highest BCUT2D eigenvalue weighted by Gasteiger charge is 2.28. The van der Waals surface area contributed by atoms with E-state index in [1.165, 1.54) is 5.56 Å². The normalized spacial score (nSPS) is 18.9. The number of amides is 1. The third-order valence-electron chi connectivity index (χ3n) is 4.36. The lowest BCUT2D eigenvalue weighted by Gasteiger charge is -2.40. The topological polar surface area (TPSA) is 23.6 Å². The van der Waals surface area contributed by atoms with Gasteiger partial charge >= 0.3 is 0 Å². The average molecular weight is 385 g/mol. The summed E-state index contributed by atoms with van der Waals surface area (Å²) in [5.41, 5.74) is 2.20. The molecule has 24 heavy (non-hydrogen) atoms. The molecule has 0 bridgehead atoms. The van der Waals surface area contributed by atoms with Gasteiger partial charge in [0.25, 0.3) is 0 Å². The maximum atomic E-state index is 12.8. The predicted octanol–water partition coefficient (Wildman–Crippen LogP) is 3.98. The van der Waals surface area contributed by atoms with Crippen molar-refractivity contribution in [3.05, 3.63) is 76.3 Å². The van der Waals surface area contributed by atoms with Crippen molar-refractivity contribution in [3.8, 4) is 0 Å². The van der Waals surface area contributed by atoms with E-state index >= 15 is 0 Å². The number of piperazine rings is 1. The molecule has 1 aliphatic rings. The Morgan fingerprint density at radius 1 is 1.08 bits per heavy atom. The second kappa shape index (κ2) is 7.77. The van der Waals surface area contributed by atoms with E-state index < -0.39 is 0 Å². The Balaban J connectivity index is 1.80. The molecule has 4 heteroatoms. The molecule has 0 spiro atoms. The second-order valence-corrected chi connectivity index (χ2v) is 6.93. The van der Waals surface area contributed by atoms with Crippen LogP contribution in [-0.2, 0) is 4.79 Å². The summed E-state index contributed by atoms with van der Waals surface area (Å²) < 4.78 is 0.993. The third-order valence-corrected chi connectivity index (χ3v) is 5.08. The molecule has 124 valence electrons. The smallest absolute Gasteiger partial charge is 0.247 e. The van der Waals surface area contributed by atoms with Crippen molar-refractivity contribution in [3.63, 3.8) is 0 Å². The molecule has 0 N–H and O–H groups in total. The standard InChI is InChI=1S/C20H21BrN2O/c1-22-13-14-23(19(15-22)17-8-3-2-4-9-17)20(24)12-11-16-7-5-6-10-18(16)21/h2-12,19H,13-15H2,1H3/b12-11+. The Morgan fingerprint density at radius 3 is 2.54 bits per heavy atom. The predicted molar refractivity (Wildman–Crippen MR) is 102 cm³/mol. The Kier molecular flexibility index (Phi) is 5.48. The Bertz CT molecular complexity index is 729. The fourth-order valence-electron chi connectivity index (χ4n) is 3.01. The van der Waals surface area contributed by atoms with E-state index in [0.29, 0.717) is 0 Å². The Labute approximate surface area is 151 Å². The van der Waals surface area contributed by atoms with E-state index in [4.69, 9.17) is 0 Å². The Hall–Kier alpha value is -1.91. The van der Waals surface area contributed by atoms with Crippen LogP contribution >= 0.6 is 15.9 Å². The third kappa shape index (κ3) is 3.94. The number of halogens is 1. The molecule has 0 aromatic heterocycles. The first-order valence-electron chi connectivity index (χ1n) is 8.12. The number of hydrogen-bond donors (Lipinski definition) is 0. The first-order valence-corrected chi connectivity index (χ1v) is 8.91. The van der Waals surface area contributed by atoms with Gasteiger partial charge in [-0.15, -0.1) is 0 Å². The molecular weight excluding hydrogens is 364 g/mol. The van der Waals surface area contributed by atoms with Crippen LogP contribution in [0.25, 0.3) is 6.08 Å². The lowest BCUT2D eigenvalue weighted by Crippen LogP contribution is -2.48. The monoisotopic (exact) mass is 384 g/mol. The van der Waals surface area contributed by atoms with Crippen LogP contribution in [0, 0.1) is 0 Å².